The first kappa shape index (κ1) is 50.5. The SMILES string of the molecule is CCCCCCCCCCCCCCCCCCCCOc1cc(S(=O)(=O)[O-])c2ccc3c(S(=O)(=O)[O-])cc(S(=O)(=O)[O-])c4ccc1c2c43.[Na+].[Na+].[Na+]. The molecule has 0 saturated heterocycles. The Balaban J connectivity index is 0.00000451. The van der Waals surface area contributed by atoms with Crippen molar-refractivity contribution in [3.8, 4) is 5.75 Å². The van der Waals surface area contributed by atoms with Gasteiger partial charge in [-0.2, -0.15) is 0 Å². The van der Waals surface area contributed by atoms with Gasteiger partial charge in [-0.05, 0) is 24.6 Å². The summed E-state index contributed by atoms with van der Waals surface area (Å²) in [6.45, 7) is 2.46. The molecule has 0 unspecified atom stereocenters. The van der Waals surface area contributed by atoms with Crippen molar-refractivity contribution in [2.75, 3.05) is 6.61 Å². The van der Waals surface area contributed by atoms with Crippen molar-refractivity contribution in [3.05, 3.63) is 36.4 Å². The van der Waals surface area contributed by atoms with Gasteiger partial charge in [0.1, 0.15) is 36.1 Å². The summed E-state index contributed by atoms with van der Waals surface area (Å²) in [5, 5.41) is -0.369. The van der Waals surface area contributed by atoms with Crippen LogP contribution < -0.4 is 93.4 Å². The minimum Gasteiger partial charge on any atom is -0.744 e. The molecular weight excluding hydrogens is 758 g/mol. The molecule has 0 aliphatic carbocycles. The van der Waals surface area contributed by atoms with Crippen molar-refractivity contribution >= 4 is 62.7 Å². The Morgan fingerprint density at radius 2 is 0.731 bits per heavy atom. The molecule has 52 heavy (non-hydrogen) atoms. The second-order valence-electron chi connectivity index (χ2n) is 13.0. The molecule has 0 aromatic heterocycles. The number of hydrogen-bond acceptors (Lipinski definition) is 10. The van der Waals surface area contributed by atoms with Crippen molar-refractivity contribution in [3.63, 3.8) is 0 Å². The molecule has 0 bridgehead atoms. The summed E-state index contributed by atoms with van der Waals surface area (Å²) in [6.07, 6.45) is 22.1. The van der Waals surface area contributed by atoms with E-state index in [0.29, 0.717) is 12.5 Å². The molecule has 272 valence electrons. The van der Waals surface area contributed by atoms with Gasteiger partial charge in [-0.3, -0.25) is 0 Å². The Hall–Kier alpha value is 0.450. The van der Waals surface area contributed by atoms with Crippen molar-refractivity contribution in [2.45, 2.75) is 137 Å². The van der Waals surface area contributed by atoms with Gasteiger partial charge in [-0.25, -0.2) is 25.3 Å². The second kappa shape index (κ2) is 23.6. The van der Waals surface area contributed by atoms with Crippen LogP contribution in [0.15, 0.2) is 51.1 Å². The van der Waals surface area contributed by atoms with Gasteiger partial charge < -0.3 is 18.4 Å². The molecule has 0 saturated carbocycles. The first-order valence-corrected chi connectivity index (χ1v) is 21.8. The second-order valence-corrected chi connectivity index (χ2v) is 17.1. The molecule has 0 radical (unpaired) electrons. The van der Waals surface area contributed by atoms with Crippen LogP contribution in [0.3, 0.4) is 0 Å². The Morgan fingerprint density at radius 3 is 1.08 bits per heavy atom. The quantitative estimate of drug-likeness (QED) is 0.0419. The van der Waals surface area contributed by atoms with Gasteiger partial charge >= 0.3 is 88.7 Å². The Morgan fingerprint density at radius 1 is 0.442 bits per heavy atom. The van der Waals surface area contributed by atoms with Crippen LogP contribution in [0.4, 0.5) is 0 Å². The topological polar surface area (TPSA) is 181 Å². The van der Waals surface area contributed by atoms with E-state index in [-0.39, 0.29) is 133 Å². The zero-order valence-corrected chi connectivity index (χ0v) is 39.7. The molecule has 10 nitrogen and oxygen atoms in total. The summed E-state index contributed by atoms with van der Waals surface area (Å²) >= 11 is 0. The molecule has 4 aromatic rings. The monoisotopic (exact) mass is 804 g/mol. The minimum absolute atomic E-state index is 0. The minimum atomic E-state index is -5.26. The molecule has 0 heterocycles. The van der Waals surface area contributed by atoms with Gasteiger partial charge in [-0.15, -0.1) is 0 Å². The summed E-state index contributed by atoms with van der Waals surface area (Å²) in [5.74, 6) is 0.0326. The maximum atomic E-state index is 12.3. The fourth-order valence-corrected chi connectivity index (χ4v) is 8.96. The van der Waals surface area contributed by atoms with Crippen LogP contribution >= 0.6 is 0 Å². The van der Waals surface area contributed by atoms with E-state index in [1.807, 2.05) is 0 Å². The van der Waals surface area contributed by atoms with Crippen molar-refractivity contribution in [1.82, 2.24) is 0 Å². The standard InChI is InChI=1S/C36H50O10S3.3Na/c1-2-3-4-5-6-7-8-9-10-11-12-13-14-15-16-17-18-19-24-46-31-25-32(47(37,38)39)28-22-23-30-34(49(43,44)45)26-33(48(40,41)42)29-21-20-27(31)35(28)36(29)30;;;/h20-23,25-26H,2-19,24H2,1H3,(H,37,38,39)(H,40,41,42)(H,43,44,45);;;/q;3*+1/p-3. The van der Waals surface area contributed by atoms with E-state index >= 15 is 0 Å². The normalized spacial score (nSPS) is 12.2. The molecule has 0 amide bonds. The van der Waals surface area contributed by atoms with Crippen LogP contribution in [0.5, 0.6) is 5.75 Å². The number of rotatable bonds is 23. The molecule has 0 atom stereocenters. The van der Waals surface area contributed by atoms with Crippen LogP contribution in [0, 0.1) is 0 Å². The zero-order valence-electron chi connectivity index (χ0n) is 31.2. The van der Waals surface area contributed by atoms with Gasteiger partial charge in [-0.1, -0.05) is 134 Å². The molecule has 0 aliphatic rings. The summed E-state index contributed by atoms with van der Waals surface area (Å²) in [4.78, 5) is -2.54. The summed E-state index contributed by atoms with van der Waals surface area (Å²) in [7, 11) is -15.6. The zero-order chi connectivity index (χ0) is 35.7. The molecule has 0 N–H and O–H groups in total. The van der Waals surface area contributed by atoms with E-state index in [9.17, 15) is 38.9 Å². The van der Waals surface area contributed by atoms with E-state index in [0.717, 1.165) is 31.4 Å². The maximum Gasteiger partial charge on any atom is 1.00 e. The third kappa shape index (κ3) is 14.1. The van der Waals surface area contributed by atoms with Gasteiger partial charge in [0.25, 0.3) is 0 Å². The molecule has 0 fully saturated rings. The fourth-order valence-electron chi connectivity index (χ4n) is 6.79. The molecule has 0 spiro atoms. The van der Waals surface area contributed by atoms with E-state index in [4.69, 9.17) is 4.74 Å². The third-order valence-corrected chi connectivity index (χ3v) is 11.9. The summed E-state index contributed by atoms with van der Waals surface area (Å²) < 4.78 is 116. The number of hydrogen-bond donors (Lipinski definition) is 0. The Kier molecular flexibility index (Phi) is 22.9. The average molecular weight is 805 g/mol. The van der Waals surface area contributed by atoms with Gasteiger partial charge in [0.15, 0.2) is 0 Å². The van der Waals surface area contributed by atoms with E-state index in [2.05, 4.69) is 6.92 Å². The van der Waals surface area contributed by atoms with E-state index in [1.54, 1.807) is 0 Å². The van der Waals surface area contributed by atoms with E-state index in [1.165, 1.54) is 108 Å². The molecule has 0 aliphatic heterocycles. The van der Waals surface area contributed by atoms with Crippen LogP contribution in [0.1, 0.15) is 122 Å². The fraction of sp³-hybridized carbons (Fsp3) is 0.556. The largest absolute Gasteiger partial charge is 1.00 e. The first-order valence-electron chi connectivity index (χ1n) is 17.5. The Bertz CT molecular complexity index is 1990. The summed E-state index contributed by atoms with van der Waals surface area (Å²) in [5.41, 5.74) is 0. The van der Waals surface area contributed by atoms with Crippen LogP contribution in [0.2, 0.25) is 0 Å². The molecule has 4 rings (SSSR count). The van der Waals surface area contributed by atoms with Crippen molar-refractivity contribution in [1.29, 1.82) is 0 Å². The van der Waals surface area contributed by atoms with Gasteiger partial charge in [0, 0.05) is 32.3 Å². The smallest absolute Gasteiger partial charge is 0.744 e. The Labute approximate surface area is 376 Å². The molecule has 4 aromatic carbocycles. The molecule has 16 heteroatoms. The average Bonchev–Trinajstić information content (AvgIpc) is 3.03. The number of unbranched alkanes of at least 4 members (excludes halogenated alkanes) is 17. The maximum absolute atomic E-state index is 12.3. The third-order valence-electron chi connectivity index (χ3n) is 9.31. The predicted molar refractivity (Wildman–Crippen MR) is 188 cm³/mol. The predicted octanol–water partition coefficient (Wildman–Crippen LogP) is -0.271. The van der Waals surface area contributed by atoms with Gasteiger partial charge in [0.05, 0.1) is 21.3 Å². The van der Waals surface area contributed by atoms with Crippen LogP contribution in [0.25, 0.3) is 32.3 Å². The van der Waals surface area contributed by atoms with Gasteiger partial charge in [0.2, 0.25) is 0 Å². The summed E-state index contributed by atoms with van der Waals surface area (Å²) in [6, 6.07) is 6.66. The van der Waals surface area contributed by atoms with E-state index < -0.39 is 45.0 Å². The molecular formula is C36H47Na3O10S3. The first-order chi connectivity index (χ1) is 23.2. The van der Waals surface area contributed by atoms with Crippen molar-refractivity contribution < 1.29 is 132 Å². The van der Waals surface area contributed by atoms with Crippen LogP contribution in [-0.2, 0) is 30.4 Å². The number of ether oxygens (including phenoxy) is 1. The van der Waals surface area contributed by atoms with Crippen LogP contribution in [-0.4, -0.2) is 45.5 Å². The number of benzene rings is 4. The van der Waals surface area contributed by atoms with Crippen molar-refractivity contribution in [2.24, 2.45) is 0 Å².